The highest BCUT2D eigenvalue weighted by molar-refractivity contribution is 8.00. The molecule has 2 N–H and O–H groups in total. The van der Waals surface area contributed by atoms with Crippen LogP contribution in [0.4, 0.5) is 0 Å². The maximum atomic E-state index is 11.0. The van der Waals surface area contributed by atoms with Gasteiger partial charge in [-0.05, 0) is 19.1 Å². The number of amides is 1. The molecule has 1 aromatic carbocycles. The highest BCUT2D eigenvalue weighted by Crippen LogP contribution is 2.29. The number of nitrogens with zero attached hydrogens (tertiary/aromatic N) is 4. The van der Waals surface area contributed by atoms with E-state index in [4.69, 9.17) is 5.73 Å². The van der Waals surface area contributed by atoms with Crippen molar-refractivity contribution in [1.82, 2.24) is 20.0 Å². The molecule has 0 bridgehead atoms. The second-order valence-electron chi connectivity index (χ2n) is 4.88. The molecular weight excluding hydrogens is 330 g/mol. The lowest BCUT2D eigenvalue weighted by atomic mass is 10.3. The van der Waals surface area contributed by atoms with Gasteiger partial charge in [-0.3, -0.25) is 4.79 Å². The molecule has 2 aromatic heterocycles. The molecule has 2 heterocycles. The van der Waals surface area contributed by atoms with E-state index in [1.54, 1.807) is 22.8 Å². The van der Waals surface area contributed by atoms with E-state index in [9.17, 15) is 4.79 Å². The Hall–Kier alpha value is -2.19. The lowest BCUT2D eigenvalue weighted by Crippen LogP contribution is -2.13. The van der Waals surface area contributed by atoms with Gasteiger partial charge in [0, 0.05) is 10.6 Å². The number of hydrogen-bond donors (Lipinski definition) is 1. The monoisotopic (exact) mass is 345 g/mol. The summed E-state index contributed by atoms with van der Waals surface area (Å²) in [6, 6.07) is 9.77. The number of para-hydroxylation sites is 1. The summed E-state index contributed by atoms with van der Waals surface area (Å²) in [6.07, 6.45) is 2.00. The van der Waals surface area contributed by atoms with Gasteiger partial charge in [0.1, 0.15) is 0 Å². The van der Waals surface area contributed by atoms with E-state index in [0.29, 0.717) is 5.75 Å². The van der Waals surface area contributed by atoms with E-state index in [-0.39, 0.29) is 12.3 Å². The molecule has 0 saturated carbocycles. The van der Waals surface area contributed by atoms with Gasteiger partial charge in [-0.1, -0.05) is 30.0 Å². The summed E-state index contributed by atoms with van der Waals surface area (Å²) in [4.78, 5) is 18.0. The van der Waals surface area contributed by atoms with Gasteiger partial charge in [-0.25, -0.2) is 4.98 Å². The molecule has 0 aliphatic rings. The number of benzene rings is 1. The Labute approximate surface area is 141 Å². The zero-order chi connectivity index (χ0) is 16.2. The molecule has 0 saturated heterocycles. The minimum atomic E-state index is -0.334. The predicted molar refractivity (Wildman–Crippen MR) is 90.7 cm³/mol. The molecule has 23 heavy (non-hydrogen) atoms. The molecule has 0 radical (unpaired) electrons. The van der Waals surface area contributed by atoms with Crippen molar-refractivity contribution in [2.45, 2.75) is 23.4 Å². The lowest BCUT2D eigenvalue weighted by molar-refractivity contribution is -0.117. The summed E-state index contributed by atoms with van der Waals surface area (Å²) in [5.74, 6) is 0.342. The largest absolute Gasteiger partial charge is 0.369 e. The Morgan fingerprint density at radius 3 is 2.87 bits per heavy atom. The van der Waals surface area contributed by atoms with Crippen LogP contribution < -0.4 is 5.73 Å². The fraction of sp³-hybridized carbons (Fsp3) is 0.200. The second kappa shape index (κ2) is 6.93. The number of thiazole rings is 1. The first-order valence-corrected chi connectivity index (χ1v) is 8.76. The van der Waals surface area contributed by atoms with Gasteiger partial charge in [0.05, 0.1) is 29.7 Å². The van der Waals surface area contributed by atoms with Crippen LogP contribution in [0.5, 0.6) is 0 Å². The van der Waals surface area contributed by atoms with E-state index < -0.39 is 0 Å². The minimum Gasteiger partial charge on any atom is -0.369 e. The standard InChI is InChI=1S/C15H15N5OS2/c1-10-13(7-14(16)21)23-15(18-10)22-9-11-8-17-20(19-11)12-5-3-2-4-6-12/h2-6,8H,7,9H2,1H3,(H2,16,21). The number of hydrogen-bond acceptors (Lipinski definition) is 6. The number of nitrogens with two attached hydrogens (primary N) is 1. The number of carbonyl (C=O) groups excluding carboxylic acids is 1. The number of primary amides is 1. The molecule has 8 heteroatoms. The van der Waals surface area contributed by atoms with Crippen LogP contribution in [0.1, 0.15) is 16.3 Å². The minimum absolute atomic E-state index is 0.244. The van der Waals surface area contributed by atoms with E-state index >= 15 is 0 Å². The summed E-state index contributed by atoms with van der Waals surface area (Å²) < 4.78 is 0.910. The summed E-state index contributed by atoms with van der Waals surface area (Å²) in [5, 5.41) is 8.74. The third-order valence-corrected chi connectivity index (χ3v) is 5.41. The topological polar surface area (TPSA) is 86.7 Å². The first-order valence-electron chi connectivity index (χ1n) is 6.96. The zero-order valence-corrected chi connectivity index (χ0v) is 14.1. The quantitative estimate of drug-likeness (QED) is 0.693. The Balaban J connectivity index is 1.65. The van der Waals surface area contributed by atoms with Crippen molar-refractivity contribution in [3.05, 3.63) is 52.8 Å². The molecule has 0 fully saturated rings. The molecule has 0 atom stereocenters. The first-order chi connectivity index (χ1) is 11.1. The molecule has 118 valence electrons. The van der Waals surface area contributed by atoms with Crippen LogP contribution in [0.2, 0.25) is 0 Å². The normalized spacial score (nSPS) is 10.8. The molecule has 0 aliphatic carbocycles. The van der Waals surface area contributed by atoms with Gasteiger partial charge in [-0.2, -0.15) is 15.0 Å². The molecule has 0 spiro atoms. The molecule has 3 rings (SSSR count). The molecule has 3 aromatic rings. The number of carbonyl (C=O) groups is 1. The van der Waals surface area contributed by atoms with Crippen LogP contribution in [0, 0.1) is 6.92 Å². The van der Waals surface area contributed by atoms with Gasteiger partial charge in [0.15, 0.2) is 4.34 Å². The van der Waals surface area contributed by atoms with E-state index in [1.165, 1.54) is 11.3 Å². The summed E-state index contributed by atoms with van der Waals surface area (Å²) in [7, 11) is 0. The Bertz CT molecular complexity index is 812. The number of thioether (sulfide) groups is 1. The van der Waals surface area contributed by atoms with Crippen molar-refractivity contribution in [3.63, 3.8) is 0 Å². The first kappa shape index (κ1) is 15.7. The third kappa shape index (κ3) is 3.96. The van der Waals surface area contributed by atoms with Crippen molar-refractivity contribution in [3.8, 4) is 5.69 Å². The van der Waals surface area contributed by atoms with Gasteiger partial charge >= 0.3 is 0 Å². The van der Waals surface area contributed by atoms with Gasteiger partial charge in [-0.15, -0.1) is 11.3 Å². The number of rotatable bonds is 6. The summed E-state index contributed by atoms with van der Waals surface area (Å²) in [6.45, 7) is 1.89. The number of aryl methyl sites for hydroxylation is 1. The van der Waals surface area contributed by atoms with Crippen LogP contribution in [0.3, 0.4) is 0 Å². The Morgan fingerprint density at radius 2 is 2.13 bits per heavy atom. The second-order valence-corrected chi connectivity index (χ2v) is 7.19. The Kier molecular flexibility index (Phi) is 4.73. The van der Waals surface area contributed by atoms with Crippen LogP contribution in [-0.2, 0) is 17.0 Å². The molecule has 1 amide bonds. The van der Waals surface area contributed by atoms with Crippen LogP contribution >= 0.6 is 23.1 Å². The van der Waals surface area contributed by atoms with Crippen molar-refractivity contribution in [2.24, 2.45) is 5.73 Å². The van der Waals surface area contributed by atoms with Gasteiger partial charge in [0.25, 0.3) is 0 Å². The average Bonchev–Trinajstić information content (AvgIpc) is 3.13. The maximum Gasteiger partial charge on any atom is 0.222 e. The van der Waals surface area contributed by atoms with Gasteiger partial charge in [0.2, 0.25) is 5.91 Å². The van der Waals surface area contributed by atoms with E-state index in [0.717, 1.165) is 26.3 Å². The molecular formula is C15H15N5OS2. The molecule has 0 unspecified atom stereocenters. The average molecular weight is 345 g/mol. The zero-order valence-electron chi connectivity index (χ0n) is 12.5. The summed E-state index contributed by atoms with van der Waals surface area (Å²) >= 11 is 3.09. The van der Waals surface area contributed by atoms with Crippen LogP contribution in [0.25, 0.3) is 5.69 Å². The van der Waals surface area contributed by atoms with Gasteiger partial charge < -0.3 is 5.73 Å². The van der Waals surface area contributed by atoms with Crippen molar-refractivity contribution in [1.29, 1.82) is 0 Å². The third-order valence-electron chi connectivity index (χ3n) is 3.08. The van der Waals surface area contributed by atoms with Crippen molar-refractivity contribution >= 4 is 29.0 Å². The lowest BCUT2D eigenvalue weighted by Gasteiger charge is -1.97. The summed E-state index contributed by atoms with van der Waals surface area (Å²) in [5.41, 5.74) is 7.91. The highest BCUT2D eigenvalue weighted by Gasteiger charge is 2.11. The number of aromatic nitrogens is 4. The fourth-order valence-electron chi connectivity index (χ4n) is 1.97. The van der Waals surface area contributed by atoms with E-state index in [2.05, 4.69) is 15.2 Å². The SMILES string of the molecule is Cc1nc(SCc2cnn(-c3ccccc3)n2)sc1CC(N)=O. The molecule has 0 aliphatic heterocycles. The van der Waals surface area contributed by atoms with Crippen LogP contribution in [-0.4, -0.2) is 25.9 Å². The van der Waals surface area contributed by atoms with Crippen LogP contribution in [0.15, 0.2) is 40.9 Å². The smallest absolute Gasteiger partial charge is 0.222 e. The highest BCUT2D eigenvalue weighted by atomic mass is 32.2. The fourth-order valence-corrected chi connectivity index (χ4v) is 4.09. The van der Waals surface area contributed by atoms with Crippen molar-refractivity contribution < 1.29 is 4.79 Å². The Morgan fingerprint density at radius 1 is 1.35 bits per heavy atom. The van der Waals surface area contributed by atoms with E-state index in [1.807, 2.05) is 37.3 Å². The predicted octanol–water partition coefficient (Wildman–Crippen LogP) is 2.35. The van der Waals surface area contributed by atoms with Crippen molar-refractivity contribution in [2.75, 3.05) is 0 Å². The molecule has 6 nitrogen and oxygen atoms in total. The maximum absolute atomic E-state index is 11.0.